The van der Waals surface area contributed by atoms with Crippen LogP contribution in [-0.4, -0.2) is 12.1 Å². The highest BCUT2D eigenvalue weighted by atomic mass is 16.2. The number of nitrogens with one attached hydrogen (secondary N) is 2. The van der Waals surface area contributed by atoms with E-state index in [0.717, 1.165) is 0 Å². The van der Waals surface area contributed by atoms with Crippen LogP contribution in [0.5, 0.6) is 0 Å². The van der Waals surface area contributed by atoms with E-state index in [9.17, 15) is 4.79 Å². The van der Waals surface area contributed by atoms with Gasteiger partial charge in [0.1, 0.15) is 0 Å². The number of urea groups is 1. The minimum atomic E-state index is -0.151. The van der Waals surface area contributed by atoms with Crippen molar-refractivity contribution in [2.75, 3.05) is 0 Å². The number of carbonyl (C=O) groups excluding carboxylic acids is 1. The van der Waals surface area contributed by atoms with Crippen molar-refractivity contribution in [3.05, 3.63) is 12.3 Å². The normalized spacial score (nSPS) is 11.2. The lowest BCUT2D eigenvalue weighted by molar-refractivity contribution is 0.242. The first-order chi connectivity index (χ1) is 5.52. The molecule has 0 aliphatic rings. The van der Waals surface area contributed by atoms with E-state index in [4.69, 9.17) is 0 Å². The summed E-state index contributed by atoms with van der Waals surface area (Å²) in [6.45, 7) is 7.95. The second kappa shape index (κ2) is 5.63. The van der Waals surface area contributed by atoms with Crippen LogP contribution in [0.3, 0.4) is 0 Å². The first-order valence-corrected chi connectivity index (χ1v) is 4.26. The van der Waals surface area contributed by atoms with Gasteiger partial charge in [-0.25, -0.2) is 4.79 Å². The maximum atomic E-state index is 11.0. The van der Waals surface area contributed by atoms with Crippen molar-refractivity contribution in [1.82, 2.24) is 10.6 Å². The molecule has 0 radical (unpaired) electrons. The van der Waals surface area contributed by atoms with E-state index in [0.29, 0.717) is 5.92 Å². The van der Waals surface area contributed by atoms with Gasteiger partial charge in [-0.15, -0.1) is 0 Å². The lowest BCUT2D eigenvalue weighted by Crippen LogP contribution is -2.36. The zero-order chi connectivity index (χ0) is 9.56. The molecule has 0 atom stereocenters. The fraction of sp³-hybridized carbons (Fsp3) is 0.667. The summed E-state index contributed by atoms with van der Waals surface area (Å²) < 4.78 is 0. The van der Waals surface area contributed by atoms with Crippen molar-refractivity contribution in [3.8, 4) is 0 Å². The summed E-state index contributed by atoms with van der Waals surface area (Å²) in [5.74, 6) is 0.462. The second-order valence-corrected chi connectivity index (χ2v) is 3.38. The lowest BCUT2D eigenvalue weighted by Gasteiger charge is -2.06. The van der Waals surface area contributed by atoms with Crippen LogP contribution in [0.2, 0.25) is 0 Å². The summed E-state index contributed by atoms with van der Waals surface area (Å²) >= 11 is 0. The molecule has 0 aromatic carbocycles. The maximum absolute atomic E-state index is 11.0. The molecule has 2 amide bonds. The van der Waals surface area contributed by atoms with Crippen LogP contribution in [0, 0.1) is 5.92 Å². The van der Waals surface area contributed by atoms with Gasteiger partial charge in [-0.2, -0.15) is 0 Å². The highest BCUT2D eigenvalue weighted by Gasteiger charge is 1.97. The van der Waals surface area contributed by atoms with Crippen LogP contribution in [0.15, 0.2) is 12.3 Å². The van der Waals surface area contributed by atoms with E-state index in [2.05, 4.69) is 24.5 Å². The summed E-state index contributed by atoms with van der Waals surface area (Å²) in [4.78, 5) is 11.0. The monoisotopic (exact) mass is 170 g/mol. The molecule has 0 fully saturated rings. The minimum Gasteiger partial charge on any atom is -0.336 e. The third kappa shape index (κ3) is 7.12. The molecule has 0 aliphatic carbocycles. The molecule has 0 saturated heterocycles. The van der Waals surface area contributed by atoms with E-state index < -0.39 is 0 Å². The Balaban J connectivity index is 3.57. The third-order valence-electron chi connectivity index (χ3n) is 1.12. The molecular weight excluding hydrogens is 152 g/mol. The predicted molar refractivity (Wildman–Crippen MR) is 50.8 cm³/mol. The van der Waals surface area contributed by atoms with Crippen LogP contribution < -0.4 is 10.6 Å². The molecule has 0 aliphatic heterocycles. The highest BCUT2D eigenvalue weighted by Crippen LogP contribution is 1.90. The molecule has 0 rings (SSSR count). The Morgan fingerprint density at radius 1 is 1.25 bits per heavy atom. The highest BCUT2D eigenvalue weighted by molar-refractivity contribution is 5.75. The quantitative estimate of drug-likeness (QED) is 0.667. The van der Waals surface area contributed by atoms with Gasteiger partial charge in [0.05, 0.1) is 0 Å². The molecule has 0 saturated carbocycles. The first kappa shape index (κ1) is 11.0. The van der Waals surface area contributed by atoms with Crippen LogP contribution in [0.1, 0.15) is 27.7 Å². The number of amides is 2. The van der Waals surface area contributed by atoms with Gasteiger partial charge in [0.25, 0.3) is 0 Å². The molecular formula is C9H18N2O. The second-order valence-electron chi connectivity index (χ2n) is 3.38. The lowest BCUT2D eigenvalue weighted by atomic mass is 10.2. The third-order valence-corrected chi connectivity index (χ3v) is 1.12. The van der Waals surface area contributed by atoms with Crippen LogP contribution in [0.25, 0.3) is 0 Å². The summed E-state index contributed by atoms with van der Waals surface area (Å²) in [6.07, 6.45) is 3.60. The number of carbonyl (C=O) groups is 1. The Kier molecular flexibility index (Phi) is 5.17. The largest absolute Gasteiger partial charge is 0.336 e. The van der Waals surface area contributed by atoms with Gasteiger partial charge < -0.3 is 10.6 Å². The molecule has 0 aromatic heterocycles. The fourth-order valence-electron chi connectivity index (χ4n) is 0.620. The molecule has 0 spiro atoms. The average molecular weight is 170 g/mol. The Labute approximate surface area is 74.2 Å². The minimum absolute atomic E-state index is 0.151. The first-order valence-electron chi connectivity index (χ1n) is 4.26. The molecule has 0 bridgehead atoms. The zero-order valence-electron chi connectivity index (χ0n) is 8.22. The van der Waals surface area contributed by atoms with Gasteiger partial charge in [0, 0.05) is 12.2 Å². The van der Waals surface area contributed by atoms with E-state index in [1.807, 2.05) is 19.9 Å². The van der Waals surface area contributed by atoms with Crippen molar-refractivity contribution < 1.29 is 4.79 Å². The van der Waals surface area contributed by atoms with Gasteiger partial charge in [-0.05, 0) is 19.8 Å². The van der Waals surface area contributed by atoms with E-state index >= 15 is 0 Å². The Hall–Kier alpha value is -0.990. The van der Waals surface area contributed by atoms with Gasteiger partial charge in [-0.1, -0.05) is 19.9 Å². The van der Waals surface area contributed by atoms with Gasteiger partial charge in [0.2, 0.25) is 0 Å². The molecule has 70 valence electrons. The van der Waals surface area contributed by atoms with Gasteiger partial charge in [-0.3, -0.25) is 0 Å². The van der Waals surface area contributed by atoms with Crippen molar-refractivity contribution >= 4 is 6.03 Å². The molecule has 3 heteroatoms. The summed E-state index contributed by atoms with van der Waals surface area (Å²) in [5, 5.41) is 5.33. The number of hydrogen-bond acceptors (Lipinski definition) is 1. The van der Waals surface area contributed by atoms with Crippen molar-refractivity contribution in [1.29, 1.82) is 0 Å². The fourth-order valence-corrected chi connectivity index (χ4v) is 0.620. The molecule has 2 N–H and O–H groups in total. The summed E-state index contributed by atoms with van der Waals surface area (Å²) in [5.41, 5.74) is 0. The Morgan fingerprint density at radius 2 is 1.83 bits per heavy atom. The number of allylic oxidation sites excluding steroid dienone is 1. The van der Waals surface area contributed by atoms with Crippen LogP contribution in [-0.2, 0) is 0 Å². The summed E-state index contributed by atoms with van der Waals surface area (Å²) in [7, 11) is 0. The van der Waals surface area contributed by atoms with Crippen LogP contribution in [0.4, 0.5) is 4.79 Å². The SMILES string of the molecule is CC(C)/C=C/NC(=O)NC(C)C. The molecule has 0 aromatic rings. The van der Waals surface area contributed by atoms with Crippen molar-refractivity contribution in [3.63, 3.8) is 0 Å². The standard InChI is InChI=1S/C9H18N2O/c1-7(2)5-6-10-9(12)11-8(3)4/h5-8H,1-4H3,(H2,10,11,12)/b6-5+. The smallest absolute Gasteiger partial charge is 0.318 e. The van der Waals surface area contributed by atoms with E-state index in [-0.39, 0.29) is 12.1 Å². The maximum Gasteiger partial charge on any atom is 0.318 e. The Bertz CT molecular complexity index is 162. The average Bonchev–Trinajstić information content (AvgIpc) is 1.84. The number of rotatable bonds is 3. The van der Waals surface area contributed by atoms with E-state index in [1.165, 1.54) is 0 Å². The number of hydrogen-bond donors (Lipinski definition) is 2. The molecule has 12 heavy (non-hydrogen) atoms. The molecule has 0 unspecified atom stereocenters. The van der Waals surface area contributed by atoms with Crippen molar-refractivity contribution in [2.45, 2.75) is 33.7 Å². The molecule has 3 nitrogen and oxygen atoms in total. The predicted octanol–water partition coefficient (Wildman–Crippen LogP) is 1.86. The zero-order valence-corrected chi connectivity index (χ0v) is 8.22. The summed E-state index contributed by atoms with van der Waals surface area (Å²) in [6, 6.07) is 0.0272. The van der Waals surface area contributed by atoms with E-state index in [1.54, 1.807) is 6.20 Å². The molecule has 0 heterocycles. The van der Waals surface area contributed by atoms with Gasteiger partial charge in [0.15, 0.2) is 0 Å². The van der Waals surface area contributed by atoms with Crippen molar-refractivity contribution in [2.24, 2.45) is 5.92 Å². The van der Waals surface area contributed by atoms with Gasteiger partial charge >= 0.3 is 6.03 Å². The Morgan fingerprint density at radius 3 is 2.25 bits per heavy atom. The topological polar surface area (TPSA) is 41.1 Å². The van der Waals surface area contributed by atoms with Crippen LogP contribution >= 0.6 is 0 Å².